The number of rotatable bonds is 7. The maximum Gasteiger partial charge on any atom is 0.232 e. The normalized spacial score (nSPS) is 11.3. The first-order valence-corrected chi connectivity index (χ1v) is 7.81. The van der Waals surface area contributed by atoms with E-state index < -0.39 is 10.0 Å². The first-order chi connectivity index (χ1) is 8.85. The van der Waals surface area contributed by atoms with Gasteiger partial charge < -0.3 is 10.5 Å². The highest BCUT2D eigenvalue weighted by atomic mass is 32.2. The average molecular weight is 302 g/mol. The molecule has 1 rings (SSSR count). The fraction of sp³-hybridized carbons (Fsp3) is 0.417. The zero-order valence-electron chi connectivity index (χ0n) is 11.0. The van der Waals surface area contributed by atoms with Crippen molar-refractivity contribution in [3.8, 4) is 0 Å². The molecule has 0 aliphatic heterocycles. The molecular weight excluding hydrogens is 284 g/mol. The Bertz CT molecular complexity index is 556. The predicted octanol–water partition coefficient (Wildman–Crippen LogP) is 1.41. The van der Waals surface area contributed by atoms with E-state index in [4.69, 9.17) is 22.7 Å². The van der Waals surface area contributed by atoms with Crippen LogP contribution < -0.4 is 10.5 Å². The molecule has 0 radical (unpaired) electrons. The van der Waals surface area contributed by atoms with Crippen molar-refractivity contribution in [3.63, 3.8) is 0 Å². The molecule has 0 amide bonds. The monoisotopic (exact) mass is 302 g/mol. The van der Waals surface area contributed by atoms with Crippen molar-refractivity contribution in [2.75, 3.05) is 24.2 Å². The number of nitrogens with one attached hydrogen (secondary N) is 1. The summed E-state index contributed by atoms with van der Waals surface area (Å²) in [4.78, 5) is 0.236. The predicted molar refractivity (Wildman–Crippen MR) is 81.0 cm³/mol. The molecule has 0 aromatic heterocycles. The smallest absolute Gasteiger partial charge is 0.232 e. The van der Waals surface area contributed by atoms with Gasteiger partial charge in [0.05, 0.1) is 11.4 Å². The van der Waals surface area contributed by atoms with Gasteiger partial charge in [0.2, 0.25) is 10.0 Å². The fourth-order valence-corrected chi connectivity index (χ4v) is 2.78. The van der Waals surface area contributed by atoms with Gasteiger partial charge in [0, 0.05) is 19.3 Å². The molecule has 7 heteroatoms. The number of thiocarbonyl (C=S) groups is 1. The van der Waals surface area contributed by atoms with Crippen LogP contribution >= 0.6 is 12.2 Å². The van der Waals surface area contributed by atoms with Gasteiger partial charge in [-0.1, -0.05) is 24.4 Å². The number of sulfonamides is 1. The van der Waals surface area contributed by atoms with Gasteiger partial charge in [-0.2, -0.15) is 0 Å². The highest BCUT2D eigenvalue weighted by Gasteiger charge is 2.12. The molecule has 0 saturated carbocycles. The van der Waals surface area contributed by atoms with Crippen molar-refractivity contribution >= 4 is 32.9 Å². The van der Waals surface area contributed by atoms with E-state index in [1.54, 1.807) is 18.2 Å². The Labute approximate surface area is 119 Å². The molecule has 0 unspecified atom stereocenters. The van der Waals surface area contributed by atoms with E-state index >= 15 is 0 Å². The molecule has 0 fully saturated rings. The van der Waals surface area contributed by atoms with E-state index in [9.17, 15) is 8.42 Å². The SMILES string of the molecule is COCCCS(=O)(=O)Nc1cc(C(N)=S)ccc1C. The van der Waals surface area contributed by atoms with Crippen molar-refractivity contribution in [3.05, 3.63) is 29.3 Å². The van der Waals surface area contributed by atoms with Crippen LogP contribution in [0.1, 0.15) is 17.5 Å². The summed E-state index contributed by atoms with van der Waals surface area (Å²) in [6.45, 7) is 2.23. The van der Waals surface area contributed by atoms with Crippen LogP contribution in [0.4, 0.5) is 5.69 Å². The van der Waals surface area contributed by atoms with Crippen LogP contribution in [0.15, 0.2) is 18.2 Å². The number of aryl methyl sites for hydroxylation is 1. The molecule has 0 bridgehead atoms. The number of anilines is 1. The number of benzene rings is 1. The Morgan fingerprint density at radius 1 is 1.47 bits per heavy atom. The summed E-state index contributed by atoms with van der Waals surface area (Å²) in [6, 6.07) is 5.19. The summed E-state index contributed by atoms with van der Waals surface area (Å²) < 4.78 is 31.1. The van der Waals surface area contributed by atoms with Crippen molar-refractivity contribution in [1.29, 1.82) is 0 Å². The van der Waals surface area contributed by atoms with Crippen molar-refractivity contribution < 1.29 is 13.2 Å². The van der Waals surface area contributed by atoms with Gasteiger partial charge in [0.1, 0.15) is 4.99 Å². The minimum atomic E-state index is -3.39. The number of methoxy groups -OCH3 is 1. The molecule has 0 heterocycles. The van der Waals surface area contributed by atoms with Gasteiger partial charge in [-0.15, -0.1) is 0 Å². The second kappa shape index (κ2) is 6.83. The molecule has 0 aliphatic rings. The van der Waals surface area contributed by atoms with Crippen LogP contribution in [-0.4, -0.2) is 32.9 Å². The van der Waals surface area contributed by atoms with E-state index in [1.807, 2.05) is 6.92 Å². The molecule has 0 saturated heterocycles. The van der Waals surface area contributed by atoms with Crippen LogP contribution in [-0.2, 0) is 14.8 Å². The zero-order valence-corrected chi connectivity index (χ0v) is 12.6. The number of hydrogen-bond donors (Lipinski definition) is 2. The second-order valence-electron chi connectivity index (χ2n) is 4.16. The van der Waals surface area contributed by atoms with Crippen LogP contribution in [0, 0.1) is 6.92 Å². The average Bonchev–Trinajstić information content (AvgIpc) is 2.31. The minimum absolute atomic E-state index is 0.0115. The number of hydrogen-bond acceptors (Lipinski definition) is 4. The van der Waals surface area contributed by atoms with Gasteiger partial charge in [-0.3, -0.25) is 4.72 Å². The highest BCUT2D eigenvalue weighted by molar-refractivity contribution is 7.92. The van der Waals surface area contributed by atoms with Crippen LogP contribution in [0.2, 0.25) is 0 Å². The third kappa shape index (κ3) is 5.14. The first kappa shape index (κ1) is 15.9. The lowest BCUT2D eigenvalue weighted by molar-refractivity contribution is 0.199. The standard InChI is InChI=1S/C12H18N2O3S2/c1-9-4-5-10(12(13)18)8-11(9)14-19(15,16)7-3-6-17-2/h4-5,8,14H,3,6-7H2,1-2H3,(H2,13,18). The minimum Gasteiger partial charge on any atom is -0.389 e. The van der Waals surface area contributed by atoms with Gasteiger partial charge in [0.25, 0.3) is 0 Å². The summed E-state index contributed by atoms with van der Waals surface area (Å²) in [6.07, 6.45) is 0.444. The Kier molecular flexibility index (Phi) is 5.71. The van der Waals surface area contributed by atoms with Crippen LogP contribution in [0.3, 0.4) is 0 Å². The lowest BCUT2D eigenvalue weighted by Crippen LogP contribution is -2.19. The molecule has 0 aliphatic carbocycles. The Morgan fingerprint density at radius 3 is 2.74 bits per heavy atom. The topological polar surface area (TPSA) is 81.4 Å². The van der Waals surface area contributed by atoms with Gasteiger partial charge in [-0.25, -0.2) is 8.42 Å². The van der Waals surface area contributed by atoms with Crippen LogP contribution in [0.5, 0.6) is 0 Å². The van der Waals surface area contributed by atoms with E-state index in [0.29, 0.717) is 24.3 Å². The largest absolute Gasteiger partial charge is 0.389 e. The molecular formula is C12H18N2O3S2. The lowest BCUT2D eigenvalue weighted by Gasteiger charge is -2.11. The summed E-state index contributed by atoms with van der Waals surface area (Å²) in [5, 5.41) is 0. The summed E-state index contributed by atoms with van der Waals surface area (Å²) in [5.74, 6) is 0.0115. The molecule has 1 aromatic carbocycles. The lowest BCUT2D eigenvalue weighted by atomic mass is 10.1. The molecule has 106 valence electrons. The summed E-state index contributed by atoms with van der Waals surface area (Å²) in [7, 11) is -1.85. The van der Waals surface area contributed by atoms with Crippen molar-refractivity contribution in [1.82, 2.24) is 0 Å². The zero-order chi connectivity index (χ0) is 14.5. The molecule has 5 nitrogen and oxygen atoms in total. The maximum atomic E-state index is 11.9. The van der Waals surface area contributed by atoms with Gasteiger partial charge in [0.15, 0.2) is 0 Å². The third-order valence-corrected chi connectivity index (χ3v) is 4.14. The summed E-state index contributed by atoms with van der Waals surface area (Å²) >= 11 is 4.88. The maximum absolute atomic E-state index is 11.9. The van der Waals surface area contributed by atoms with Gasteiger partial charge >= 0.3 is 0 Å². The third-order valence-electron chi connectivity index (χ3n) is 2.55. The highest BCUT2D eigenvalue weighted by Crippen LogP contribution is 2.18. The van der Waals surface area contributed by atoms with E-state index in [2.05, 4.69) is 4.72 Å². The van der Waals surface area contributed by atoms with E-state index in [0.717, 1.165) is 5.56 Å². The second-order valence-corrected chi connectivity index (χ2v) is 6.44. The molecule has 0 atom stereocenters. The van der Waals surface area contributed by atoms with Crippen molar-refractivity contribution in [2.45, 2.75) is 13.3 Å². The van der Waals surface area contributed by atoms with E-state index in [-0.39, 0.29) is 10.7 Å². The van der Waals surface area contributed by atoms with Crippen molar-refractivity contribution in [2.24, 2.45) is 5.73 Å². The first-order valence-electron chi connectivity index (χ1n) is 5.75. The quantitative estimate of drug-likeness (QED) is 0.588. The molecule has 0 spiro atoms. The Hall–Kier alpha value is -1.18. The molecule has 3 N–H and O–H groups in total. The molecule has 19 heavy (non-hydrogen) atoms. The Morgan fingerprint density at radius 2 is 2.16 bits per heavy atom. The number of ether oxygens (including phenoxy) is 1. The summed E-state index contributed by atoms with van der Waals surface area (Å²) in [5.41, 5.74) is 7.48. The van der Waals surface area contributed by atoms with E-state index in [1.165, 1.54) is 7.11 Å². The fourth-order valence-electron chi connectivity index (χ4n) is 1.50. The molecule has 1 aromatic rings. The Balaban J connectivity index is 2.86. The number of nitrogens with two attached hydrogens (primary N) is 1. The van der Waals surface area contributed by atoms with Crippen LogP contribution in [0.25, 0.3) is 0 Å². The van der Waals surface area contributed by atoms with Gasteiger partial charge in [-0.05, 0) is 25.0 Å².